The van der Waals surface area contributed by atoms with E-state index < -0.39 is 0 Å². The molecule has 0 aromatic heterocycles. The highest BCUT2D eigenvalue weighted by atomic mass is 15.1. The molecular formula is C19H26N2. The number of nitrogens with one attached hydrogen (secondary N) is 1. The van der Waals surface area contributed by atoms with E-state index in [0.29, 0.717) is 6.04 Å². The number of nitrogens with zero attached hydrogens (tertiary/aromatic N) is 1. The third-order valence-electron chi connectivity index (χ3n) is 4.96. The Hall–Kier alpha value is -1.38. The number of likely N-dealkylation sites (tertiary alicyclic amines) is 1. The van der Waals surface area contributed by atoms with E-state index in [1.807, 2.05) is 0 Å². The third-order valence-corrected chi connectivity index (χ3v) is 4.96. The SMILES string of the molecule is CC(NCc1cccc2ccccc12)C1CCN(C)CC1. The van der Waals surface area contributed by atoms with Crippen molar-refractivity contribution in [1.82, 2.24) is 10.2 Å². The van der Waals surface area contributed by atoms with Crippen molar-refractivity contribution in [2.24, 2.45) is 5.92 Å². The van der Waals surface area contributed by atoms with Crippen LogP contribution in [0.1, 0.15) is 25.3 Å². The van der Waals surface area contributed by atoms with Crippen LogP contribution in [-0.4, -0.2) is 31.1 Å². The fourth-order valence-corrected chi connectivity index (χ4v) is 3.41. The van der Waals surface area contributed by atoms with E-state index in [4.69, 9.17) is 0 Å². The van der Waals surface area contributed by atoms with Gasteiger partial charge < -0.3 is 10.2 Å². The van der Waals surface area contributed by atoms with Crippen molar-refractivity contribution in [2.45, 2.75) is 32.4 Å². The van der Waals surface area contributed by atoms with E-state index in [-0.39, 0.29) is 0 Å². The molecule has 1 saturated heterocycles. The van der Waals surface area contributed by atoms with E-state index in [1.165, 1.54) is 42.3 Å². The van der Waals surface area contributed by atoms with Crippen LogP contribution >= 0.6 is 0 Å². The zero-order valence-electron chi connectivity index (χ0n) is 13.2. The summed E-state index contributed by atoms with van der Waals surface area (Å²) in [6.45, 7) is 5.80. The molecule has 0 aliphatic carbocycles. The van der Waals surface area contributed by atoms with Crippen LogP contribution < -0.4 is 5.32 Å². The Morgan fingerprint density at radius 1 is 1.10 bits per heavy atom. The van der Waals surface area contributed by atoms with Crippen LogP contribution in [0.15, 0.2) is 42.5 Å². The highest BCUT2D eigenvalue weighted by Crippen LogP contribution is 2.21. The standard InChI is InChI=1S/C19H26N2/c1-15(16-10-12-21(2)13-11-16)20-14-18-8-5-7-17-6-3-4-9-19(17)18/h3-9,15-16,20H,10-14H2,1-2H3. The van der Waals surface area contributed by atoms with E-state index in [2.05, 4.69) is 66.7 Å². The zero-order chi connectivity index (χ0) is 14.7. The fourth-order valence-electron chi connectivity index (χ4n) is 3.41. The lowest BCUT2D eigenvalue weighted by molar-refractivity contribution is 0.189. The molecule has 1 N–H and O–H groups in total. The molecule has 0 amide bonds. The summed E-state index contributed by atoms with van der Waals surface area (Å²) in [5.74, 6) is 0.816. The van der Waals surface area contributed by atoms with Gasteiger partial charge in [0.05, 0.1) is 0 Å². The lowest BCUT2D eigenvalue weighted by atomic mass is 9.90. The van der Waals surface area contributed by atoms with Gasteiger partial charge in [-0.15, -0.1) is 0 Å². The van der Waals surface area contributed by atoms with Gasteiger partial charge in [0.1, 0.15) is 0 Å². The number of benzene rings is 2. The summed E-state index contributed by atoms with van der Waals surface area (Å²) < 4.78 is 0. The lowest BCUT2D eigenvalue weighted by Gasteiger charge is -2.33. The largest absolute Gasteiger partial charge is 0.310 e. The molecule has 2 aromatic carbocycles. The summed E-state index contributed by atoms with van der Waals surface area (Å²) in [6, 6.07) is 15.9. The summed E-state index contributed by atoms with van der Waals surface area (Å²) in [7, 11) is 2.23. The number of fused-ring (bicyclic) bond motifs is 1. The Morgan fingerprint density at radius 3 is 2.62 bits per heavy atom. The van der Waals surface area contributed by atoms with Crippen LogP contribution in [0.4, 0.5) is 0 Å². The highest BCUT2D eigenvalue weighted by molar-refractivity contribution is 5.85. The Balaban J connectivity index is 1.63. The van der Waals surface area contributed by atoms with Gasteiger partial charge in [0, 0.05) is 12.6 Å². The summed E-state index contributed by atoms with van der Waals surface area (Å²) >= 11 is 0. The molecule has 2 nitrogen and oxygen atoms in total. The first kappa shape index (κ1) is 14.6. The van der Waals surface area contributed by atoms with Crippen molar-refractivity contribution in [3.63, 3.8) is 0 Å². The second kappa shape index (κ2) is 6.59. The number of rotatable bonds is 4. The molecular weight excluding hydrogens is 256 g/mol. The van der Waals surface area contributed by atoms with E-state index in [0.717, 1.165) is 12.5 Å². The first-order valence-corrected chi connectivity index (χ1v) is 8.12. The van der Waals surface area contributed by atoms with Crippen molar-refractivity contribution in [3.05, 3.63) is 48.0 Å². The Morgan fingerprint density at radius 2 is 1.81 bits per heavy atom. The average molecular weight is 282 g/mol. The van der Waals surface area contributed by atoms with Crippen LogP contribution in [0.2, 0.25) is 0 Å². The predicted octanol–water partition coefficient (Wildman–Crippen LogP) is 3.66. The topological polar surface area (TPSA) is 15.3 Å². The second-order valence-corrected chi connectivity index (χ2v) is 6.45. The van der Waals surface area contributed by atoms with Crippen molar-refractivity contribution in [1.29, 1.82) is 0 Å². The molecule has 1 aliphatic heterocycles. The number of hydrogen-bond donors (Lipinski definition) is 1. The van der Waals surface area contributed by atoms with Gasteiger partial charge in [-0.1, -0.05) is 42.5 Å². The predicted molar refractivity (Wildman–Crippen MR) is 90.5 cm³/mol. The molecule has 1 fully saturated rings. The molecule has 2 aromatic rings. The first-order valence-electron chi connectivity index (χ1n) is 8.12. The maximum atomic E-state index is 3.76. The fraction of sp³-hybridized carbons (Fsp3) is 0.474. The third kappa shape index (κ3) is 3.45. The second-order valence-electron chi connectivity index (χ2n) is 6.45. The van der Waals surface area contributed by atoms with Gasteiger partial charge in [0.2, 0.25) is 0 Å². The van der Waals surface area contributed by atoms with Gasteiger partial charge in [-0.2, -0.15) is 0 Å². The number of hydrogen-bond acceptors (Lipinski definition) is 2. The monoisotopic (exact) mass is 282 g/mol. The summed E-state index contributed by atoms with van der Waals surface area (Å²) in [6.07, 6.45) is 2.64. The lowest BCUT2D eigenvalue weighted by Crippen LogP contribution is -2.40. The van der Waals surface area contributed by atoms with Gasteiger partial charge in [0.15, 0.2) is 0 Å². The highest BCUT2D eigenvalue weighted by Gasteiger charge is 2.21. The number of piperidine rings is 1. The van der Waals surface area contributed by atoms with Gasteiger partial charge in [0.25, 0.3) is 0 Å². The van der Waals surface area contributed by atoms with E-state index >= 15 is 0 Å². The van der Waals surface area contributed by atoms with Gasteiger partial charge >= 0.3 is 0 Å². The van der Waals surface area contributed by atoms with Crippen LogP contribution in [-0.2, 0) is 6.54 Å². The molecule has 2 heteroatoms. The quantitative estimate of drug-likeness (QED) is 0.920. The summed E-state index contributed by atoms with van der Waals surface area (Å²) in [5.41, 5.74) is 1.41. The van der Waals surface area contributed by atoms with Crippen molar-refractivity contribution in [2.75, 3.05) is 20.1 Å². The van der Waals surface area contributed by atoms with Gasteiger partial charge in [-0.3, -0.25) is 0 Å². The minimum atomic E-state index is 0.595. The maximum absolute atomic E-state index is 3.76. The van der Waals surface area contributed by atoms with Crippen molar-refractivity contribution >= 4 is 10.8 Å². The van der Waals surface area contributed by atoms with Crippen LogP contribution in [0, 0.1) is 5.92 Å². The molecule has 0 bridgehead atoms. The van der Waals surface area contributed by atoms with Crippen LogP contribution in [0.5, 0.6) is 0 Å². The van der Waals surface area contributed by atoms with Gasteiger partial charge in [-0.25, -0.2) is 0 Å². The van der Waals surface area contributed by atoms with E-state index in [1.54, 1.807) is 0 Å². The molecule has 1 heterocycles. The van der Waals surface area contributed by atoms with Crippen LogP contribution in [0.25, 0.3) is 10.8 Å². The minimum absolute atomic E-state index is 0.595. The normalized spacial score (nSPS) is 19.0. The van der Waals surface area contributed by atoms with Gasteiger partial charge in [-0.05, 0) is 62.2 Å². The molecule has 21 heavy (non-hydrogen) atoms. The molecule has 3 rings (SSSR count). The molecule has 0 saturated carbocycles. The van der Waals surface area contributed by atoms with Crippen molar-refractivity contribution < 1.29 is 0 Å². The Bertz CT molecular complexity index is 580. The van der Waals surface area contributed by atoms with Crippen molar-refractivity contribution in [3.8, 4) is 0 Å². The zero-order valence-corrected chi connectivity index (χ0v) is 13.2. The summed E-state index contributed by atoms with van der Waals surface area (Å²) in [5, 5.41) is 6.47. The summed E-state index contributed by atoms with van der Waals surface area (Å²) in [4.78, 5) is 2.44. The Labute approximate surface area is 128 Å². The minimum Gasteiger partial charge on any atom is -0.310 e. The molecule has 1 aliphatic rings. The Kier molecular flexibility index (Phi) is 4.57. The van der Waals surface area contributed by atoms with Crippen LogP contribution in [0.3, 0.4) is 0 Å². The molecule has 0 radical (unpaired) electrons. The smallest absolute Gasteiger partial charge is 0.0214 e. The molecule has 1 unspecified atom stereocenters. The van der Waals surface area contributed by atoms with E-state index in [9.17, 15) is 0 Å². The molecule has 1 atom stereocenters. The molecule has 112 valence electrons. The average Bonchev–Trinajstić information content (AvgIpc) is 2.53. The maximum Gasteiger partial charge on any atom is 0.0214 e. The molecule has 0 spiro atoms. The first-order chi connectivity index (χ1) is 10.2.